The Hall–Kier alpha value is -2.13. The van der Waals surface area contributed by atoms with Crippen molar-refractivity contribution >= 4 is 23.1 Å². The second-order valence-corrected chi connectivity index (χ2v) is 4.83. The molecule has 0 aliphatic carbocycles. The topological polar surface area (TPSA) is 81.6 Å². The Morgan fingerprint density at radius 2 is 2.35 bits per heavy atom. The van der Waals surface area contributed by atoms with Gasteiger partial charge in [-0.25, -0.2) is 0 Å². The van der Waals surface area contributed by atoms with E-state index in [4.69, 9.17) is 5.26 Å². The highest BCUT2D eigenvalue weighted by Crippen LogP contribution is 2.21. The van der Waals surface area contributed by atoms with Gasteiger partial charge in [0.1, 0.15) is 17.5 Å². The van der Waals surface area contributed by atoms with Crippen LogP contribution >= 0.6 is 11.3 Å². The third kappa shape index (κ3) is 2.19. The zero-order valence-electron chi connectivity index (χ0n) is 9.37. The molecule has 17 heavy (non-hydrogen) atoms. The van der Waals surface area contributed by atoms with E-state index < -0.39 is 0 Å². The predicted molar refractivity (Wildman–Crippen MR) is 65.0 cm³/mol. The molecule has 0 aliphatic rings. The average molecular weight is 246 g/mol. The summed E-state index contributed by atoms with van der Waals surface area (Å²) in [5.74, 6) is 0.105. The van der Waals surface area contributed by atoms with Gasteiger partial charge in [-0.1, -0.05) is 0 Å². The number of nitrogens with one attached hydrogen (secondary N) is 2. The zero-order chi connectivity index (χ0) is 12.4. The number of carbonyl (C=O) groups is 1. The molecule has 6 heteroatoms. The lowest BCUT2D eigenvalue weighted by molar-refractivity contribution is 0.103. The Labute approximate surface area is 102 Å². The molecule has 2 aromatic rings. The maximum absolute atomic E-state index is 11.9. The molecule has 0 aliphatic heterocycles. The molecule has 0 radical (unpaired) electrons. The van der Waals surface area contributed by atoms with Crippen LogP contribution in [0.3, 0.4) is 0 Å². The van der Waals surface area contributed by atoms with Crippen LogP contribution in [0.4, 0.5) is 5.82 Å². The molecule has 0 bridgehead atoms. The molecule has 0 unspecified atom stereocenters. The Balaban J connectivity index is 2.20. The van der Waals surface area contributed by atoms with Crippen LogP contribution in [0.15, 0.2) is 12.3 Å². The monoisotopic (exact) mass is 246 g/mol. The molecule has 2 rings (SSSR count). The molecule has 86 valence electrons. The number of nitriles is 1. The first-order chi connectivity index (χ1) is 8.11. The fraction of sp³-hybridized carbons (Fsp3) is 0.182. The smallest absolute Gasteiger partial charge is 0.266 e. The first-order valence-corrected chi connectivity index (χ1v) is 5.75. The maximum atomic E-state index is 11.9. The maximum Gasteiger partial charge on any atom is 0.266 e. The third-order valence-electron chi connectivity index (χ3n) is 2.39. The molecule has 2 aromatic heterocycles. The number of aromatic nitrogens is 2. The highest BCUT2D eigenvalue weighted by molar-refractivity contribution is 7.14. The van der Waals surface area contributed by atoms with Crippen molar-refractivity contribution < 1.29 is 4.79 Å². The summed E-state index contributed by atoms with van der Waals surface area (Å²) >= 11 is 1.43. The fourth-order valence-corrected chi connectivity index (χ4v) is 2.26. The van der Waals surface area contributed by atoms with Crippen LogP contribution in [0.5, 0.6) is 0 Å². The van der Waals surface area contributed by atoms with Crippen LogP contribution < -0.4 is 5.32 Å². The summed E-state index contributed by atoms with van der Waals surface area (Å²) in [5.41, 5.74) is 1.41. The van der Waals surface area contributed by atoms with Crippen LogP contribution in [0.2, 0.25) is 0 Å². The lowest BCUT2D eigenvalue weighted by atomic mass is 10.3. The third-order valence-corrected chi connectivity index (χ3v) is 3.54. The van der Waals surface area contributed by atoms with E-state index in [1.165, 1.54) is 17.5 Å². The summed E-state index contributed by atoms with van der Waals surface area (Å²) in [7, 11) is 0. The van der Waals surface area contributed by atoms with Crippen molar-refractivity contribution in [2.24, 2.45) is 0 Å². The van der Waals surface area contributed by atoms with Crippen LogP contribution in [0.25, 0.3) is 0 Å². The SMILES string of the molecule is Cc1cc(C(=O)Nc2[nH]ncc2C#N)sc1C. The highest BCUT2D eigenvalue weighted by atomic mass is 32.1. The minimum atomic E-state index is -0.230. The van der Waals surface area contributed by atoms with E-state index in [0.29, 0.717) is 16.3 Å². The van der Waals surface area contributed by atoms with Gasteiger partial charge in [0.25, 0.3) is 5.91 Å². The van der Waals surface area contributed by atoms with Crippen LogP contribution in [0, 0.1) is 25.2 Å². The van der Waals surface area contributed by atoms with Crippen molar-refractivity contribution in [3.63, 3.8) is 0 Å². The molecular weight excluding hydrogens is 236 g/mol. The second-order valence-electron chi connectivity index (χ2n) is 3.57. The number of amides is 1. The van der Waals surface area contributed by atoms with E-state index in [-0.39, 0.29) is 5.91 Å². The van der Waals surface area contributed by atoms with Crippen LogP contribution in [-0.4, -0.2) is 16.1 Å². The van der Waals surface area contributed by atoms with E-state index in [9.17, 15) is 4.79 Å². The van der Waals surface area contributed by atoms with E-state index >= 15 is 0 Å². The molecule has 0 saturated carbocycles. The highest BCUT2D eigenvalue weighted by Gasteiger charge is 2.13. The summed E-state index contributed by atoms with van der Waals surface area (Å²) in [5, 5.41) is 17.7. The molecule has 0 spiro atoms. The molecule has 5 nitrogen and oxygen atoms in total. The van der Waals surface area contributed by atoms with Gasteiger partial charge >= 0.3 is 0 Å². The van der Waals surface area contributed by atoms with E-state index in [0.717, 1.165) is 10.4 Å². The number of anilines is 1. The van der Waals surface area contributed by atoms with Crippen molar-refractivity contribution in [2.75, 3.05) is 5.32 Å². The molecule has 0 atom stereocenters. The van der Waals surface area contributed by atoms with Crippen molar-refractivity contribution in [2.45, 2.75) is 13.8 Å². The number of carbonyl (C=O) groups excluding carboxylic acids is 1. The predicted octanol–water partition coefficient (Wildman–Crippen LogP) is 2.21. The van der Waals surface area contributed by atoms with Crippen LogP contribution in [-0.2, 0) is 0 Å². The number of nitrogens with zero attached hydrogens (tertiary/aromatic N) is 2. The number of H-pyrrole nitrogens is 1. The summed E-state index contributed by atoms with van der Waals surface area (Å²) in [6.45, 7) is 3.92. The zero-order valence-corrected chi connectivity index (χ0v) is 10.2. The number of hydrogen-bond donors (Lipinski definition) is 2. The first-order valence-electron chi connectivity index (χ1n) is 4.93. The lowest BCUT2D eigenvalue weighted by Gasteiger charge is -1.99. The Bertz CT molecular complexity index is 586. The minimum Gasteiger partial charge on any atom is -0.305 e. The van der Waals surface area contributed by atoms with E-state index in [2.05, 4.69) is 15.5 Å². The Kier molecular flexibility index (Phi) is 2.93. The van der Waals surface area contributed by atoms with Gasteiger partial charge in [-0.3, -0.25) is 9.89 Å². The van der Waals surface area contributed by atoms with Gasteiger partial charge in [0.15, 0.2) is 0 Å². The van der Waals surface area contributed by atoms with E-state index in [1.54, 1.807) is 0 Å². The molecule has 0 fully saturated rings. The Morgan fingerprint density at radius 3 is 2.94 bits per heavy atom. The number of hydrogen-bond acceptors (Lipinski definition) is 4. The number of rotatable bonds is 2. The average Bonchev–Trinajstić information content (AvgIpc) is 2.86. The number of aromatic amines is 1. The molecule has 1 amide bonds. The second kappa shape index (κ2) is 4.39. The standard InChI is InChI=1S/C11H10N4OS/c1-6-3-9(17-7(6)2)11(16)14-10-8(4-12)5-13-15-10/h3,5H,1-2H3,(H2,13,14,15,16). The first kappa shape index (κ1) is 11.4. The van der Waals surface area contributed by atoms with Crippen molar-refractivity contribution in [3.8, 4) is 6.07 Å². The molecule has 2 heterocycles. The number of thiophene rings is 1. The van der Waals surface area contributed by atoms with Crippen molar-refractivity contribution in [1.82, 2.24) is 10.2 Å². The summed E-state index contributed by atoms with van der Waals surface area (Å²) in [6.07, 6.45) is 1.38. The minimum absolute atomic E-state index is 0.230. The quantitative estimate of drug-likeness (QED) is 0.852. The molecule has 0 aromatic carbocycles. The van der Waals surface area contributed by atoms with Gasteiger partial charge in [-0.15, -0.1) is 11.3 Å². The lowest BCUT2D eigenvalue weighted by Crippen LogP contribution is -2.11. The van der Waals surface area contributed by atoms with Gasteiger partial charge in [-0.05, 0) is 25.5 Å². The molecular formula is C11H10N4OS. The van der Waals surface area contributed by atoms with Crippen molar-refractivity contribution in [1.29, 1.82) is 5.26 Å². The van der Waals surface area contributed by atoms with Crippen LogP contribution in [0.1, 0.15) is 25.7 Å². The summed E-state index contributed by atoms with van der Waals surface area (Å²) < 4.78 is 0. The van der Waals surface area contributed by atoms with Crippen molar-refractivity contribution in [3.05, 3.63) is 33.1 Å². The Morgan fingerprint density at radius 1 is 1.59 bits per heavy atom. The van der Waals surface area contributed by atoms with Gasteiger partial charge in [0.2, 0.25) is 0 Å². The molecule has 0 saturated heterocycles. The normalized spacial score (nSPS) is 9.94. The largest absolute Gasteiger partial charge is 0.305 e. The fourth-order valence-electron chi connectivity index (χ4n) is 1.33. The van der Waals surface area contributed by atoms with Gasteiger partial charge in [-0.2, -0.15) is 10.4 Å². The molecule has 2 N–H and O–H groups in total. The number of aryl methyl sites for hydroxylation is 2. The van der Waals surface area contributed by atoms with Gasteiger partial charge in [0.05, 0.1) is 11.1 Å². The van der Waals surface area contributed by atoms with E-state index in [1.807, 2.05) is 26.0 Å². The van der Waals surface area contributed by atoms with Gasteiger partial charge in [0, 0.05) is 4.88 Å². The van der Waals surface area contributed by atoms with Gasteiger partial charge < -0.3 is 5.32 Å². The summed E-state index contributed by atoms with van der Waals surface area (Å²) in [6, 6.07) is 3.78. The summed E-state index contributed by atoms with van der Waals surface area (Å²) in [4.78, 5) is 13.6.